The Morgan fingerprint density at radius 1 is 1.07 bits per heavy atom. The molecule has 0 saturated carbocycles. The van der Waals surface area contributed by atoms with Crippen LogP contribution in [0.15, 0.2) is 53.1 Å². The molecule has 1 saturated heterocycles. The van der Waals surface area contributed by atoms with E-state index in [-0.39, 0.29) is 0 Å². The summed E-state index contributed by atoms with van der Waals surface area (Å²) in [6.07, 6.45) is 2.97. The molecule has 0 unspecified atom stereocenters. The van der Waals surface area contributed by atoms with E-state index in [9.17, 15) is 0 Å². The van der Waals surface area contributed by atoms with Crippen molar-refractivity contribution >= 4 is 17.0 Å². The van der Waals surface area contributed by atoms with Crippen LogP contribution in [0.2, 0.25) is 0 Å². The molecular formula is C23H25N5O2. The molecule has 0 radical (unpaired) electrons. The van der Waals surface area contributed by atoms with Crippen LogP contribution < -0.4 is 9.64 Å². The molecule has 1 fully saturated rings. The highest BCUT2D eigenvalue weighted by Crippen LogP contribution is 2.31. The summed E-state index contributed by atoms with van der Waals surface area (Å²) in [5, 5.41) is 4.18. The fraction of sp³-hybridized carbons (Fsp3) is 0.348. The van der Waals surface area contributed by atoms with Crippen LogP contribution >= 0.6 is 0 Å². The highest BCUT2D eigenvalue weighted by Gasteiger charge is 2.26. The molecule has 7 nitrogen and oxygen atoms in total. The number of nitrogens with zero attached hydrogens (tertiary/aromatic N) is 5. The molecule has 1 aliphatic rings. The first kappa shape index (κ1) is 18.7. The smallest absolute Gasteiger partial charge is 0.324 e. The predicted molar refractivity (Wildman–Crippen MR) is 116 cm³/mol. The van der Waals surface area contributed by atoms with E-state index >= 15 is 0 Å². The van der Waals surface area contributed by atoms with Crippen molar-refractivity contribution < 1.29 is 9.26 Å². The summed E-state index contributed by atoms with van der Waals surface area (Å²) >= 11 is 0. The van der Waals surface area contributed by atoms with Crippen LogP contribution in [0, 0.1) is 0 Å². The number of imidazole rings is 1. The number of hydrogen-bond donors (Lipinski definition) is 0. The first-order valence-electron chi connectivity index (χ1n) is 10.5. The minimum Gasteiger partial charge on any atom is -0.497 e. The number of anilines is 1. The molecule has 30 heavy (non-hydrogen) atoms. The zero-order valence-electron chi connectivity index (χ0n) is 17.3. The van der Waals surface area contributed by atoms with Crippen molar-refractivity contribution in [2.75, 3.05) is 25.1 Å². The zero-order valence-corrected chi connectivity index (χ0v) is 17.3. The van der Waals surface area contributed by atoms with Crippen molar-refractivity contribution in [2.24, 2.45) is 0 Å². The minimum atomic E-state index is 0.435. The van der Waals surface area contributed by atoms with E-state index in [0.29, 0.717) is 17.9 Å². The van der Waals surface area contributed by atoms with Crippen molar-refractivity contribution in [3.05, 3.63) is 54.4 Å². The molecule has 0 atom stereocenters. The molecular weight excluding hydrogens is 378 g/mol. The topological polar surface area (TPSA) is 69.2 Å². The van der Waals surface area contributed by atoms with Crippen molar-refractivity contribution in [2.45, 2.75) is 32.2 Å². The number of piperidine rings is 1. The third kappa shape index (κ3) is 3.30. The maximum atomic E-state index is 5.58. The average molecular weight is 403 g/mol. The second-order valence-corrected chi connectivity index (χ2v) is 7.59. The predicted octanol–water partition coefficient (Wildman–Crippen LogP) is 4.50. The highest BCUT2D eigenvalue weighted by atomic mass is 16.5. The third-order valence-corrected chi connectivity index (χ3v) is 5.83. The summed E-state index contributed by atoms with van der Waals surface area (Å²) in [5.41, 5.74) is 3.19. The van der Waals surface area contributed by atoms with Gasteiger partial charge in [-0.1, -0.05) is 36.3 Å². The van der Waals surface area contributed by atoms with E-state index in [1.807, 2.05) is 24.3 Å². The normalized spacial score (nSPS) is 15.1. The standard InChI is InChI=1S/C23H25N5O2/c1-3-21-24-19-9-4-5-10-20(19)28(21)17-11-13-27(14-12-17)23-25-22(26-30-23)16-7-6-8-18(15-16)29-2/h4-10,15,17H,3,11-14H2,1-2H3. The quantitative estimate of drug-likeness (QED) is 0.489. The summed E-state index contributed by atoms with van der Waals surface area (Å²) in [6.45, 7) is 3.92. The number of aryl methyl sites for hydroxylation is 1. The van der Waals surface area contributed by atoms with Crippen molar-refractivity contribution in [1.29, 1.82) is 0 Å². The van der Waals surface area contributed by atoms with Gasteiger partial charge in [-0.15, -0.1) is 0 Å². The molecule has 0 spiro atoms. The van der Waals surface area contributed by atoms with E-state index in [1.165, 1.54) is 5.52 Å². The van der Waals surface area contributed by atoms with E-state index in [4.69, 9.17) is 14.2 Å². The Balaban J connectivity index is 1.33. The molecule has 154 valence electrons. The molecule has 0 aliphatic carbocycles. The molecule has 4 aromatic rings. The maximum Gasteiger partial charge on any atom is 0.324 e. The van der Waals surface area contributed by atoms with E-state index < -0.39 is 0 Å². The van der Waals surface area contributed by atoms with Crippen LogP contribution in [-0.4, -0.2) is 39.9 Å². The fourth-order valence-electron chi connectivity index (χ4n) is 4.29. The van der Waals surface area contributed by atoms with Gasteiger partial charge in [-0.3, -0.25) is 0 Å². The Morgan fingerprint density at radius 2 is 1.90 bits per heavy atom. The molecule has 0 amide bonds. The van der Waals surface area contributed by atoms with Crippen molar-refractivity contribution in [3.63, 3.8) is 0 Å². The lowest BCUT2D eigenvalue weighted by atomic mass is 10.0. The summed E-state index contributed by atoms with van der Waals surface area (Å²) in [6, 6.07) is 17.1. The molecule has 7 heteroatoms. The molecule has 2 aromatic heterocycles. The van der Waals surface area contributed by atoms with Gasteiger partial charge in [0.15, 0.2) is 0 Å². The number of para-hydroxylation sites is 2. The Labute approximate surface area is 175 Å². The second kappa shape index (κ2) is 7.82. The monoisotopic (exact) mass is 403 g/mol. The van der Waals surface area contributed by atoms with Gasteiger partial charge in [0, 0.05) is 31.1 Å². The number of rotatable bonds is 5. The van der Waals surface area contributed by atoms with Gasteiger partial charge in [-0.05, 0) is 37.1 Å². The summed E-state index contributed by atoms with van der Waals surface area (Å²) in [7, 11) is 1.65. The van der Waals surface area contributed by atoms with Crippen LogP contribution in [0.4, 0.5) is 6.01 Å². The van der Waals surface area contributed by atoms with Gasteiger partial charge >= 0.3 is 6.01 Å². The Bertz CT molecular complexity index is 1160. The first-order valence-corrected chi connectivity index (χ1v) is 10.5. The van der Waals surface area contributed by atoms with Gasteiger partial charge in [0.25, 0.3) is 0 Å². The average Bonchev–Trinajstić information content (AvgIpc) is 3.44. The number of ether oxygens (including phenoxy) is 1. The van der Waals surface area contributed by atoms with Crippen LogP contribution in [0.5, 0.6) is 5.75 Å². The van der Waals surface area contributed by atoms with Gasteiger partial charge in [0.2, 0.25) is 5.82 Å². The largest absolute Gasteiger partial charge is 0.497 e. The molecule has 1 aliphatic heterocycles. The number of benzene rings is 2. The summed E-state index contributed by atoms with van der Waals surface area (Å²) in [4.78, 5) is 11.6. The second-order valence-electron chi connectivity index (χ2n) is 7.59. The summed E-state index contributed by atoms with van der Waals surface area (Å²) in [5.74, 6) is 2.52. The lowest BCUT2D eigenvalue weighted by Gasteiger charge is -2.32. The number of fused-ring (bicyclic) bond motifs is 1. The van der Waals surface area contributed by atoms with Crippen molar-refractivity contribution in [3.8, 4) is 17.1 Å². The minimum absolute atomic E-state index is 0.435. The van der Waals surface area contributed by atoms with Gasteiger partial charge < -0.3 is 18.7 Å². The van der Waals surface area contributed by atoms with Crippen LogP contribution in [0.1, 0.15) is 31.6 Å². The lowest BCUT2D eigenvalue weighted by molar-refractivity contribution is 0.359. The third-order valence-electron chi connectivity index (χ3n) is 5.83. The fourth-order valence-corrected chi connectivity index (χ4v) is 4.29. The van der Waals surface area contributed by atoms with Crippen molar-refractivity contribution in [1.82, 2.24) is 19.7 Å². The first-order chi connectivity index (χ1) is 14.8. The highest BCUT2D eigenvalue weighted by molar-refractivity contribution is 5.76. The van der Waals surface area contributed by atoms with E-state index in [2.05, 4.69) is 50.8 Å². The zero-order chi connectivity index (χ0) is 20.5. The lowest BCUT2D eigenvalue weighted by Crippen LogP contribution is -2.35. The van der Waals surface area contributed by atoms with Gasteiger partial charge in [0.1, 0.15) is 11.6 Å². The molecule has 0 bridgehead atoms. The molecule has 5 rings (SSSR count). The van der Waals surface area contributed by atoms with Crippen LogP contribution in [0.3, 0.4) is 0 Å². The number of hydrogen-bond acceptors (Lipinski definition) is 6. The van der Waals surface area contributed by atoms with Gasteiger partial charge in [-0.25, -0.2) is 4.98 Å². The Hall–Kier alpha value is -3.35. The van der Waals surface area contributed by atoms with Gasteiger partial charge in [0.05, 0.1) is 18.1 Å². The number of aromatic nitrogens is 4. The molecule has 3 heterocycles. The SMILES string of the molecule is CCc1nc2ccccc2n1C1CCN(c2nc(-c3cccc(OC)c3)no2)CC1. The van der Waals surface area contributed by atoms with Crippen LogP contribution in [0.25, 0.3) is 22.4 Å². The van der Waals surface area contributed by atoms with Crippen LogP contribution in [-0.2, 0) is 6.42 Å². The van der Waals surface area contributed by atoms with Gasteiger partial charge in [-0.2, -0.15) is 4.98 Å². The summed E-state index contributed by atoms with van der Waals surface area (Å²) < 4.78 is 13.3. The maximum absolute atomic E-state index is 5.58. The molecule has 2 aromatic carbocycles. The Kier molecular flexibility index (Phi) is 4.86. The number of methoxy groups -OCH3 is 1. The Morgan fingerprint density at radius 3 is 2.70 bits per heavy atom. The van der Waals surface area contributed by atoms with E-state index in [1.54, 1.807) is 7.11 Å². The molecule has 0 N–H and O–H groups in total. The van der Waals surface area contributed by atoms with E-state index in [0.717, 1.165) is 55.0 Å².